The number of unbranched alkanes of at least 4 members (excludes halogenated alkanes) is 42. The lowest BCUT2D eigenvalue weighted by atomic mass is 10.0. The minimum absolute atomic E-state index is 0.106. The van der Waals surface area contributed by atoms with E-state index in [4.69, 9.17) is 37.0 Å². The molecular weight excluding hydrogens is 1210 g/mol. The molecule has 17 nitrogen and oxygen atoms in total. The smallest absolute Gasteiger partial charge is 0.462 e. The van der Waals surface area contributed by atoms with Gasteiger partial charge in [0.15, 0.2) is 12.2 Å². The third-order valence-corrected chi connectivity index (χ3v) is 18.9. The van der Waals surface area contributed by atoms with E-state index in [1.165, 1.54) is 186 Å². The minimum Gasteiger partial charge on any atom is -0.462 e. The van der Waals surface area contributed by atoms with E-state index < -0.39 is 97.5 Å². The van der Waals surface area contributed by atoms with Gasteiger partial charge in [-0.15, -0.1) is 0 Å². The van der Waals surface area contributed by atoms with Crippen LogP contribution in [0.5, 0.6) is 0 Å². The first-order chi connectivity index (χ1) is 44.4. The Morgan fingerprint density at radius 3 is 0.739 bits per heavy atom. The number of hydrogen-bond acceptors (Lipinski definition) is 15. The fraction of sp³-hybridized carbons (Fsp3) is 0.945. The van der Waals surface area contributed by atoms with Crippen molar-refractivity contribution in [1.82, 2.24) is 0 Å². The van der Waals surface area contributed by atoms with Crippen molar-refractivity contribution >= 4 is 39.5 Å². The standard InChI is InChI=1S/C73H142O17P2/c1-7-9-11-13-15-17-32-39-45-51-57-72(77)89-68(61-83-70(75)55-49-43-37-16-14-12-10-8-2)63-87-91(79,80)85-59-67(74)60-86-92(81,82)88-64-69(62-84-71(76)56-50-44-38-33-28-25-24-27-31-36-42-48-54-66(5)6)90-73(78)58-52-46-40-34-29-23-21-19-18-20-22-26-30-35-41-47-53-65(3)4/h65-69,74H,7-64H2,1-6H3,(H,79,80)(H,81,82)/t67-,68+,69+/m0/s1. The second-order valence-electron chi connectivity index (χ2n) is 27.3. The number of phosphoric acid groups is 2. The highest BCUT2D eigenvalue weighted by molar-refractivity contribution is 7.47. The summed E-state index contributed by atoms with van der Waals surface area (Å²) in [6.07, 6.45) is 51.4. The normalized spacial score (nSPS) is 14.1. The summed E-state index contributed by atoms with van der Waals surface area (Å²) in [4.78, 5) is 72.5. The van der Waals surface area contributed by atoms with Crippen LogP contribution in [-0.2, 0) is 65.4 Å². The summed E-state index contributed by atoms with van der Waals surface area (Å²) in [5.41, 5.74) is 0. The fourth-order valence-corrected chi connectivity index (χ4v) is 12.7. The van der Waals surface area contributed by atoms with Gasteiger partial charge in [-0.2, -0.15) is 0 Å². The highest BCUT2D eigenvalue weighted by Crippen LogP contribution is 2.45. The maximum atomic E-state index is 13.1. The van der Waals surface area contributed by atoms with Gasteiger partial charge in [0.25, 0.3) is 0 Å². The highest BCUT2D eigenvalue weighted by Gasteiger charge is 2.30. The predicted molar refractivity (Wildman–Crippen MR) is 372 cm³/mol. The van der Waals surface area contributed by atoms with Crippen molar-refractivity contribution in [2.75, 3.05) is 39.6 Å². The van der Waals surface area contributed by atoms with Crippen molar-refractivity contribution in [1.29, 1.82) is 0 Å². The second-order valence-corrected chi connectivity index (χ2v) is 30.2. The van der Waals surface area contributed by atoms with Crippen LogP contribution in [0.3, 0.4) is 0 Å². The molecule has 2 unspecified atom stereocenters. The molecule has 0 amide bonds. The van der Waals surface area contributed by atoms with Gasteiger partial charge in [0.2, 0.25) is 0 Å². The third-order valence-electron chi connectivity index (χ3n) is 17.0. The van der Waals surface area contributed by atoms with E-state index in [1.54, 1.807) is 0 Å². The van der Waals surface area contributed by atoms with E-state index in [9.17, 15) is 43.2 Å². The number of carbonyl (C=O) groups excluding carboxylic acids is 4. The monoisotopic (exact) mass is 1350 g/mol. The number of aliphatic hydroxyl groups is 1. The Kier molecular flexibility index (Phi) is 63.7. The van der Waals surface area contributed by atoms with Gasteiger partial charge in [-0.05, 0) is 37.5 Å². The maximum Gasteiger partial charge on any atom is 0.472 e. The van der Waals surface area contributed by atoms with Gasteiger partial charge in [0.1, 0.15) is 19.3 Å². The van der Waals surface area contributed by atoms with Crippen molar-refractivity contribution in [2.24, 2.45) is 11.8 Å². The second kappa shape index (κ2) is 65.0. The van der Waals surface area contributed by atoms with E-state index in [0.717, 1.165) is 108 Å². The SMILES string of the molecule is CCCCCCCCCCCCC(=O)O[C@H](COC(=O)CCCCCCCCCC)COP(=O)(O)OC[C@H](O)COP(=O)(O)OC[C@@H](COC(=O)CCCCCCCCCCCCCCC(C)C)OC(=O)CCCCCCCCCCCCCCCCCCC(C)C. The quantitative estimate of drug-likeness (QED) is 0.0222. The number of hydrogen-bond donors (Lipinski definition) is 3. The van der Waals surface area contributed by atoms with Gasteiger partial charge >= 0.3 is 39.5 Å². The van der Waals surface area contributed by atoms with Crippen LogP contribution in [0.4, 0.5) is 0 Å². The molecule has 0 aromatic rings. The molecule has 0 rings (SSSR count). The number of carbonyl (C=O) groups is 4. The third kappa shape index (κ3) is 66.7. The van der Waals surface area contributed by atoms with E-state index in [-0.39, 0.29) is 25.7 Å². The molecule has 0 aromatic heterocycles. The molecule has 0 aromatic carbocycles. The summed E-state index contributed by atoms with van der Waals surface area (Å²) in [6, 6.07) is 0. The molecule has 0 radical (unpaired) electrons. The maximum absolute atomic E-state index is 13.1. The zero-order chi connectivity index (χ0) is 67.9. The van der Waals surface area contributed by atoms with Crippen LogP contribution < -0.4 is 0 Å². The number of esters is 4. The lowest BCUT2D eigenvalue weighted by Gasteiger charge is -2.21. The zero-order valence-electron chi connectivity index (χ0n) is 59.9. The lowest BCUT2D eigenvalue weighted by molar-refractivity contribution is -0.161. The molecule has 0 aliphatic rings. The minimum atomic E-state index is -4.95. The van der Waals surface area contributed by atoms with Gasteiger partial charge in [-0.1, -0.05) is 324 Å². The summed E-state index contributed by atoms with van der Waals surface area (Å²) in [7, 11) is -9.90. The Bertz CT molecular complexity index is 1790. The Hall–Kier alpha value is -1.94. The molecule has 0 aliphatic carbocycles. The van der Waals surface area contributed by atoms with E-state index in [2.05, 4.69) is 41.5 Å². The van der Waals surface area contributed by atoms with Gasteiger partial charge in [0, 0.05) is 25.7 Å². The Morgan fingerprint density at radius 1 is 0.293 bits per heavy atom. The van der Waals surface area contributed by atoms with Crippen LogP contribution in [0.1, 0.15) is 375 Å². The Labute approximate surface area is 562 Å². The molecule has 19 heteroatoms. The van der Waals surface area contributed by atoms with Crippen molar-refractivity contribution in [3.05, 3.63) is 0 Å². The van der Waals surface area contributed by atoms with Crippen LogP contribution in [0.2, 0.25) is 0 Å². The average molecular weight is 1350 g/mol. The molecule has 92 heavy (non-hydrogen) atoms. The first-order valence-corrected chi connectivity index (χ1v) is 41.0. The molecule has 3 N–H and O–H groups in total. The van der Waals surface area contributed by atoms with Crippen molar-refractivity contribution in [3.63, 3.8) is 0 Å². The summed E-state index contributed by atoms with van der Waals surface area (Å²) < 4.78 is 68.3. The number of aliphatic hydroxyl groups excluding tert-OH is 1. The Morgan fingerprint density at radius 2 is 0.500 bits per heavy atom. The van der Waals surface area contributed by atoms with Gasteiger partial charge < -0.3 is 33.8 Å². The predicted octanol–water partition coefficient (Wildman–Crippen LogP) is 21.2. The van der Waals surface area contributed by atoms with Crippen molar-refractivity contribution in [3.8, 4) is 0 Å². The summed E-state index contributed by atoms with van der Waals surface area (Å²) in [5, 5.41) is 10.6. The van der Waals surface area contributed by atoms with Crippen LogP contribution in [-0.4, -0.2) is 96.7 Å². The van der Waals surface area contributed by atoms with Crippen molar-refractivity contribution in [2.45, 2.75) is 394 Å². The zero-order valence-corrected chi connectivity index (χ0v) is 61.6. The molecule has 0 saturated heterocycles. The molecule has 0 fully saturated rings. The van der Waals surface area contributed by atoms with E-state index in [1.807, 2.05) is 0 Å². The number of ether oxygens (including phenoxy) is 4. The van der Waals surface area contributed by atoms with Crippen molar-refractivity contribution < 1.29 is 80.2 Å². The average Bonchev–Trinajstić information content (AvgIpc) is 1.69. The highest BCUT2D eigenvalue weighted by atomic mass is 31.2. The fourth-order valence-electron chi connectivity index (χ4n) is 11.1. The summed E-state index contributed by atoms with van der Waals surface area (Å²) in [5.74, 6) is -0.531. The summed E-state index contributed by atoms with van der Waals surface area (Å²) >= 11 is 0. The van der Waals surface area contributed by atoms with E-state index in [0.29, 0.717) is 25.7 Å². The van der Waals surface area contributed by atoms with E-state index >= 15 is 0 Å². The van der Waals surface area contributed by atoms with Gasteiger partial charge in [0.05, 0.1) is 26.4 Å². The van der Waals surface area contributed by atoms with Gasteiger partial charge in [-0.25, -0.2) is 9.13 Å². The topological polar surface area (TPSA) is 237 Å². The number of rotatable bonds is 72. The molecule has 0 aliphatic heterocycles. The molecule has 5 atom stereocenters. The first-order valence-electron chi connectivity index (χ1n) is 38.0. The molecule has 0 saturated carbocycles. The van der Waals surface area contributed by atoms with Crippen LogP contribution in [0.15, 0.2) is 0 Å². The summed E-state index contributed by atoms with van der Waals surface area (Å²) in [6.45, 7) is 9.58. The molecule has 546 valence electrons. The van der Waals surface area contributed by atoms with Gasteiger partial charge in [-0.3, -0.25) is 37.3 Å². The Balaban J connectivity index is 5.19. The molecular formula is C73H142O17P2. The largest absolute Gasteiger partial charge is 0.472 e. The van der Waals surface area contributed by atoms with Crippen LogP contribution in [0.25, 0.3) is 0 Å². The number of phosphoric ester groups is 2. The van der Waals surface area contributed by atoms with Crippen LogP contribution >= 0.6 is 15.6 Å². The van der Waals surface area contributed by atoms with Crippen LogP contribution in [0, 0.1) is 11.8 Å². The first kappa shape index (κ1) is 90.1. The molecule has 0 spiro atoms. The molecule has 0 heterocycles. The molecule has 0 bridgehead atoms. The lowest BCUT2D eigenvalue weighted by Crippen LogP contribution is -2.30.